The molecule has 2 aromatic rings. The zero-order valence-corrected chi connectivity index (χ0v) is 11.0. The molecule has 100 valence electrons. The van der Waals surface area contributed by atoms with Crippen molar-refractivity contribution >= 4 is 11.4 Å². The molecule has 1 heterocycles. The van der Waals surface area contributed by atoms with Gasteiger partial charge in [0.25, 0.3) is 5.69 Å². The third-order valence-electron chi connectivity index (χ3n) is 2.77. The number of para-hydroxylation sites is 1. The number of nitrogens with zero attached hydrogens (tertiary/aromatic N) is 3. The normalized spacial score (nSPS) is 10.4. The van der Waals surface area contributed by atoms with Gasteiger partial charge in [-0.2, -0.15) is 5.10 Å². The number of nitro benzene ring substituents is 1. The van der Waals surface area contributed by atoms with E-state index in [2.05, 4.69) is 10.4 Å². The van der Waals surface area contributed by atoms with E-state index in [1.807, 2.05) is 26.1 Å². The topological polar surface area (TPSA) is 73.0 Å². The SMILES string of the molecule is CCNc1c(Cn2cc(C)cn2)cccc1[N+](=O)[O-]. The number of aromatic nitrogens is 2. The molecule has 0 saturated carbocycles. The van der Waals surface area contributed by atoms with Gasteiger partial charge in [0, 0.05) is 24.4 Å². The van der Waals surface area contributed by atoms with Crippen LogP contribution in [-0.2, 0) is 6.54 Å². The predicted octanol–water partition coefficient (Wildman–Crippen LogP) is 2.58. The predicted molar refractivity (Wildman–Crippen MR) is 73.3 cm³/mol. The van der Waals surface area contributed by atoms with Crippen molar-refractivity contribution in [1.82, 2.24) is 9.78 Å². The van der Waals surface area contributed by atoms with Crippen LogP contribution in [0.1, 0.15) is 18.1 Å². The molecule has 0 aliphatic rings. The Morgan fingerprint density at radius 3 is 2.84 bits per heavy atom. The van der Waals surface area contributed by atoms with Crippen LogP contribution in [0.25, 0.3) is 0 Å². The standard InChI is InChI=1S/C13H16N4O2/c1-3-14-13-11(5-4-6-12(13)17(18)19)9-16-8-10(2)7-15-16/h4-8,14H,3,9H2,1-2H3. The van der Waals surface area contributed by atoms with E-state index in [0.717, 1.165) is 11.1 Å². The van der Waals surface area contributed by atoms with Crippen LogP contribution in [0.2, 0.25) is 0 Å². The highest BCUT2D eigenvalue weighted by Gasteiger charge is 2.16. The second kappa shape index (κ2) is 5.51. The van der Waals surface area contributed by atoms with E-state index in [9.17, 15) is 10.1 Å². The number of nitro groups is 1. The Bertz CT molecular complexity index is 592. The first kappa shape index (κ1) is 13.1. The highest BCUT2D eigenvalue weighted by Crippen LogP contribution is 2.28. The van der Waals surface area contributed by atoms with Crippen LogP contribution in [0.15, 0.2) is 30.6 Å². The maximum absolute atomic E-state index is 11.0. The van der Waals surface area contributed by atoms with Gasteiger partial charge in [0.2, 0.25) is 0 Å². The average molecular weight is 260 g/mol. The van der Waals surface area contributed by atoms with Gasteiger partial charge in [-0.25, -0.2) is 0 Å². The number of nitrogens with one attached hydrogen (secondary N) is 1. The summed E-state index contributed by atoms with van der Waals surface area (Å²) in [6, 6.07) is 5.09. The third-order valence-corrected chi connectivity index (χ3v) is 2.77. The molecule has 0 aliphatic carbocycles. The minimum atomic E-state index is -0.365. The zero-order valence-electron chi connectivity index (χ0n) is 11.0. The minimum absolute atomic E-state index is 0.100. The van der Waals surface area contributed by atoms with Gasteiger partial charge in [0.15, 0.2) is 0 Å². The molecule has 6 nitrogen and oxygen atoms in total. The lowest BCUT2D eigenvalue weighted by Gasteiger charge is -2.11. The highest BCUT2D eigenvalue weighted by atomic mass is 16.6. The quantitative estimate of drug-likeness (QED) is 0.662. The molecule has 0 amide bonds. The summed E-state index contributed by atoms with van der Waals surface area (Å²) in [6.07, 6.45) is 3.68. The summed E-state index contributed by atoms with van der Waals surface area (Å²) < 4.78 is 1.77. The fourth-order valence-electron chi connectivity index (χ4n) is 1.98. The maximum atomic E-state index is 11.0. The van der Waals surface area contributed by atoms with Gasteiger partial charge in [-0.1, -0.05) is 12.1 Å². The highest BCUT2D eigenvalue weighted by molar-refractivity contribution is 5.66. The Morgan fingerprint density at radius 2 is 2.26 bits per heavy atom. The summed E-state index contributed by atoms with van der Waals surface area (Å²) in [7, 11) is 0. The maximum Gasteiger partial charge on any atom is 0.292 e. The lowest BCUT2D eigenvalue weighted by atomic mass is 10.1. The van der Waals surface area contributed by atoms with Crippen LogP contribution >= 0.6 is 0 Å². The number of benzene rings is 1. The van der Waals surface area contributed by atoms with E-state index < -0.39 is 0 Å². The Hall–Kier alpha value is -2.37. The van der Waals surface area contributed by atoms with Gasteiger partial charge < -0.3 is 5.32 Å². The average Bonchev–Trinajstić information content (AvgIpc) is 2.77. The molecule has 0 unspecified atom stereocenters. The molecule has 0 bridgehead atoms. The zero-order chi connectivity index (χ0) is 13.8. The number of hydrogen-bond donors (Lipinski definition) is 1. The second-order valence-electron chi connectivity index (χ2n) is 4.31. The molecular weight excluding hydrogens is 244 g/mol. The lowest BCUT2D eigenvalue weighted by molar-refractivity contribution is -0.384. The minimum Gasteiger partial charge on any atom is -0.379 e. The summed E-state index contributed by atoms with van der Waals surface area (Å²) in [6.45, 7) is 5.02. The van der Waals surface area contributed by atoms with Crippen LogP contribution in [0.4, 0.5) is 11.4 Å². The van der Waals surface area contributed by atoms with E-state index in [4.69, 9.17) is 0 Å². The Morgan fingerprint density at radius 1 is 1.47 bits per heavy atom. The molecule has 0 spiro atoms. The Labute approximate surface area is 111 Å². The first-order chi connectivity index (χ1) is 9.11. The molecule has 1 aromatic carbocycles. The molecule has 0 aliphatic heterocycles. The number of anilines is 1. The van der Waals surface area contributed by atoms with Gasteiger partial charge in [-0.05, 0) is 19.4 Å². The number of aryl methyl sites for hydroxylation is 1. The van der Waals surface area contributed by atoms with Gasteiger partial charge >= 0.3 is 0 Å². The van der Waals surface area contributed by atoms with Crippen molar-refractivity contribution in [3.8, 4) is 0 Å². The summed E-state index contributed by atoms with van der Waals surface area (Å²) in [5.74, 6) is 0. The van der Waals surface area contributed by atoms with Gasteiger partial charge in [0.1, 0.15) is 5.69 Å². The molecule has 1 N–H and O–H groups in total. The summed E-state index contributed by atoms with van der Waals surface area (Å²) in [5.41, 5.74) is 2.60. The summed E-state index contributed by atoms with van der Waals surface area (Å²) >= 11 is 0. The first-order valence-corrected chi connectivity index (χ1v) is 6.11. The Balaban J connectivity index is 2.38. The van der Waals surface area contributed by atoms with Crippen molar-refractivity contribution in [3.63, 3.8) is 0 Å². The molecule has 0 saturated heterocycles. The van der Waals surface area contributed by atoms with Crippen molar-refractivity contribution in [1.29, 1.82) is 0 Å². The van der Waals surface area contributed by atoms with E-state index in [1.165, 1.54) is 6.07 Å². The van der Waals surface area contributed by atoms with Gasteiger partial charge in [-0.3, -0.25) is 14.8 Å². The van der Waals surface area contributed by atoms with Crippen LogP contribution in [-0.4, -0.2) is 21.2 Å². The molecular formula is C13H16N4O2. The molecule has 0 atom stereocenters. The number of hydrogen-bond acceptors (Lipinski definition) is 4. The second-order valence-corrected chi connectivity index (χ2v) is 4.31. The largest absolute Gasteiger partial charge is 0.379 e. The van der Waals surface area contributed by atoms with Crippen LogP contribution in [0, 0.1) is 17.0 Å². The summed E-state index contributed by atoms with van der Waals surface area (Å²) in [4.78, 5) is 10.7. The molecule has 2 rings (SSSR count). The van der Waals surface area contributed by atoms with Crippen molar-refractivity contribution in [2.24, 2.45) is 0 Å². The first-order valence-electron chi connectivity index (χ1n) is 6.11. The molecule has 1 aromatic heterocycles. The Kier molecular flexibility index (Phi) is 3.79. The molecule has 19 heavy (non-hydrogen) atoms. The smallest absolute Gasteiger partial charge is 0.292 e. The van der Waals surface area contributed by atoms with E-state index in [0.29, 0.717) is 18.8 Å². The van der Waals surface area contributed by atoms with E-state index in [-0.39, 0.29) is 10.6 Å². The van der Waals surface area contributed by atoms with Crippen LogP contribution in [0.3, 0.4) is 0 Å². The molecule has 0 fully saturated rings. The van der Waals surface area contributed by atoms with Gasteiger partial charge in [0.05, 0.1) is 17.7 Å². The van der Waals surface area contributed by atoms with Crippen molar-refractivity contribution < 1.29 is 4.92 Å². The van der Waals surface area contributed by atoms with E-state index >= 15 is 0 Å². The van der Waals surface area contributed by atoms with Crippen molar-refractivity contribution in [3.05, 3.63) is 51.8 Å². The van der Waals surface area contributed by atoms with Crippen LogP contribution in [0.5, 0.6) is 0 Å². The van der Waals surface area contributed by atoms with E-state index in [1.54, 1.807) is 16.9 Å². The van der Waals surface area contributed by atoms with Crippen LogP contribution < -0.4 is 5.32 Å². The monoisotopic (exact) mass is 260 g/mol. The van der Waals surface area contributed by atoms with Gasteiger partial charge in [-0.15, -0.1) is 0 Å². The van der Waals surface area contributed by atoms with Crippen molar-refractivity contribution in [2.75, 3.05) is 11.9 Å². The molecule has 0 radical (unpaired) electrons. The lowest BCUT2D eigenvalue weighted by Crippen LogP contribution is -2.08. The van der Waals surface area contributed by atoms with Crippen molar-refractivity contribution in [2.45, 2.75) is 20.4 Å². The third kappa shape index (κ3) is 2.90. The molecule has 6 heteroatoms. The fourth-order valence-corrected chi connectivity index (χ4v) is 1.98. The summed E-state index contributed by atoms with van der Waals surface area (Å²) in [5, 5.41) is 18.3. The number of rotatable bonds is 5. The fraction of sp³-hybridized carbons (Fsp3) is 0.308.